The van der Waals surface area contributed by atoms with Gasteiger partial charge >= 0.3 is 5.97 Å². The summed E-state index contributed by atoms with van der Waals surface area (Å²) in [4.78, 5) is 23.1. The molecule has 1 fully saturated rings. The van der Waals surface area contributed by atoms with E-state index in [-0.39, 0.29) is 11.4 Å². The molecule has 1 amide bonds. The number of ether oxygens (including phenoxy) is 1. The predicted molar refractivity (Wildman–Crippen MR) is 70.0 cm³/mol. The summed E-state index contributed by atoms with van der Waals surface area (Å²) in [5.41, 5.74) is -0.305. The van der Waals surface area contributed by atoms with Crippen LogP contribution in [0.1, 0.15) is 13.8 Å². The molecule has 0 radical (unpaired) electrons. The van der Waals surface area contributed by atoms with Gasteiger partial charge in [0.15, 0.2) is 11.6 Å². The van der Waals surface area contributed by atoms with Crippen molar-refractivity contribution in [1.29, 1.82) is 0 Å². The largest absolute Gasteiger partial charge is 0.494 e. The number of carbonyl (C=O) groups is 2. The van der Waals surface area contributed by atoms with E-state index in [1.807, 2.05) is 0 Å². The lowest BCUT2D eigenvalue weighted by Crippen LogP contribution is -2.17. The van der Waals surface area contributed by atoms with E-state index in [1.54, 1.807) is 13.8 Å². The van der Waals surface area contributed by atoms with E-state index in [0.29, 0.717) is 0 Å². The van der Waals surface area contributed by atoms with Gasteiger partial charge in [0, 0.05) is 11.8 Å². The van der Waals surface area contributed by atoms with E-state index in [1.165, 1.54) is 19.2 Å². The van der Waals surface area contributed by atoms with Crippen LogP contribution in [0, 0.1) is 23.1 Å². The van der Waals surface area contributed by atoms with Crippen molar-refractivity contribution >= 4 is 17.6 Å². The fraction of sp³-hybridized carbons (Fsp3) is 0.429. The second-order valence-electron chi connectivity index (χ2n) is 5.45. The van der Waals surface area contributed by atoms with Crippen LogP contribution in [0.2, 0.25) is 0 Å². The quantitative estimate of drug-likeness (QED) is 0.886. The molecule has 1 aromatic rings. The van der Waals surface area contributed by atoms with Crippen molar-refractivity contribution in [2.24, 2.45) is 17.3 Å². The Labute approximate surface area is 115 Å². The van der Waals surface area contributed by atoms with E-state index in [2.05, 4.69) is 5.32 Å². The molecule has 20 heavy (non-hydrogen) atoms. The van der Waals surface area contributed by atoms with Gasteiger partial charge in [-0.15, -0.1) is 0 Å². The Balaban J connectivity index is 2.10. The summed E-state index contributed by atoms with van der Waals surface area (Å²) in [5, 5.41) is 11.6. The molecule has 0 aliphatic heterocycles. The molecule has 0 aromatic heterocycles. The summed E-state index contributed by atoms with van der Waals surface area (Å²) in [7, 11) is 1.35. The summed E-state index contributed by atoms with van der Waals surface area (Å²) in [6, 6.07) is 4.05. The monoisotopic (exact) mass is 281 g/mol. The first-order valence-electron chi connectivity index (χ1n) is 6.16. The minimum atomic E-state index is -0.990. The van der Waals surface area contributed by atoms with Crippen molar-refractivity contribution in [1.82, 2.24) is 0 Å². The lowest BCUT2D eigenvalue weighted by molar-refractivity contribution is -0.140. The number of nitrogens with one attached hydrogen (secondary N) is 1. The minimum absolute atomic E-state index is 0.0816. The standard InChI is InChI=1S/C14H16FNO4/c1-14(2)10(11(14)13(18)19)12(17)16-7-4-5-9(20-3)8(15)6-7/h4-6,10-11H,1-3H3,(H,16,17)(H,18,19)/t10-,11+/m0/s1. The highest BCUT2D eigenvalue weighted by Gasteiger charge is 2.65. The van der Waals surface area contributed by atoms with Crippen molar-refractivity contribution in [3.05, 3.63) is 24.0 Å². The Morgan fingerprint density at radius 3 is 2.45 bits per heavy atom. The average molecular weight is 281 g/mol. The summed E-state index contributed by atoms with van der Waals surface area (Å²) < 4.78 is 18.3. The van der Waals surface area contributed by atoms with Crippen LogP contribution in [0.25, 0.3) is 0 Å². The zero-order valence-corrected chi connectivity index (χ0v) is 11.4. The number of anilines is 1. The summed E-state index contributed by atoms with van der Waals surface area (Å²) in [6.07, 6.45) is 0. The Hall–Kier alpha value is -2.11. The van der Waals surface area contributed by atoms with Gasteiger partial charge in [-0.3, -0.25) is 9.59 Å². The highest BCUT2D eigenvalue weighted by molar-refractivity contribution is 5.99. The molecule has 2 atom stereocenters. The molecular formula is C14H16FNO4. The number of aliphatic carboxylic acids is 1. The first-order chi connectivity index (χ1) is 9.28. The molecule has 0 saturated heterocycles. The van der Waals surface area contributed by atoms with Crippen LogP contribution in [0.5, 0.6) is 5.75 Å². The van der Waals surface area contributed by atoms with Gasteiger partial charge in [-0.2, -0.15) is 0 Å². The Morgan fingerprint density at radius 2 is 2.00 bits per heavy atom. The fourth-order valence-corrected chi connectivity index (χ4v) is 2.55. The van der Waals surface area contributed by atoms with Crippen LogP contribution in [0.15, 0.2) is 18.2 Å². The molecule has 0 bridgehead atoms. The van der Waals surface area contributed by atoms with Gasteiger partial charge in [0.25, 0.3) is 0 Å². The number of hydrogen-bond acceptors (Lipinski definition) is 3. The second kappa shape index (κ2) is 4.77. The number of halogens is 1. The number of carboxylic acids is 1. The van der Waals surface area contributed by atoms with Crippen molar-refractivity contribution in [2.75, 3.05) is 12.4 Å². The molecule has 0 unspecified atom stereocenters. The number of rotatable bonds is 4. The van der Waals surface area contributed by atoms with Crippen LogP contribution in [-0.4, -0.2) is 24.1 Å². The van der Waals surface area contributed by atoms with Crippen LogP contribution in [0.3, 0.4) is 0 Å². The SMILES string of the molecule is COc1ccc(NC(=O)[C@@H]2[C@H](C(=O)O)C2(C)C)cc1F. The van der Waals surface area contributed by atoms with Crippen molar-refractivity contribution in [3.63, 3.8) is 0 Å². The Bertz CT molecular complexity index is 570. The molecule has 1 aromatic carbocycles. The third kappa shape index (κ3) is 2.33. The third-order valence-corrected chi connectivity index (χ3v) is 3.80. The predicted octanol–water partition coefficient (Wildman–Crippen LogP) is 2.13. The first kappa shape index (κ1) is 14.3. The maximum atomic E-state index is 13.5. The van der Waals surface area contributed by atoms with Gasteiger partial charge in [-0.05, 0) is 17.5 Å². The molecular weight excluding hydrogens is 265 g/mol. The zero-order chi connectivity index (χ0) is 15.1. The molecule has 2 N–H and O–H groups in total. The van der Waals surface area contributed by atoms with Crippen LogP contribution in [0.4, 0.5) is 10.1 Å². The summed E-state index contributed by atoms with van der Waals surface area (Å²) in [5.74, 6) is -3.22. The smallest absolute Gasteiger partial charge is 0.307 e. The number of carboxylic acid groups (broad SMARTS) is 1. The molecule has 5 nitrogen and oxygen atoms in total. The van der Waals surface area contributed by atoms with Gasteiger partial charge in [-0.1, -0.05) is 13.8 Å². The molecule has 6 heteroatoms. The van der Waals surface area contributed by atoms with Gasteiger partial charge < -0.3 is 15.2 Å². The number of methoxy groups -OCH3 is 1. The topological polar surface area (TPSA) is 75.6 Å². The molecule has 2 rings (SSSR count). The average Bonchev–Trinajstić information content (AvgIpc) is 2.93. The van der Waals surface area contributed by atoms with Crippen LogP contribution < -0.4 is 10.1 Å². The Kier molecular flexibility index (Phi) is 3.41. The fourth-order valence-electron chi connectivity index (χ4n) is 2.55. The maximum absolute atomic E-state index is 13.5. The van der Waals surface area contributed by atoms with E-state index in [4.69, 9.17) is 9.84 Å². The second-order valence-corrected chi connectivity index (χ2v) is 5.45. The normalized spacial score (nSPS) is 23.0. The highest BCUT2D eigenvalue weighted by atomic mass is 19.1. The number of hydrogen-bond donors (Lipinski definition) is 2. The lowest BCUT2D eigenvalue weighted by Gasteiger charge is -2.08. The molecule has 1 aliphatic carbocycles. The van der Waals surface area contributed by atoms with Crippen molar-refractivity contribution in [2.45, 2.75) is 13.8 Å². The van der Waals surface area contributed by atoms with E-state index in [0.717, 1.165) is 6.07 Å². The molecule has 0 heterocycles. The molecule has 0 spiro atoms. The van der Waals surface area contributed by atoms with E-state index < -0.39 is 34.9 Å². The maximum Gasteiger partial charge on any atom is 0.307 e. The highest BCUT2D eigenvalue weighted by Crippen LogP contribution is 2.58. The van der Waals surface area contributed by atoms with Crippen molar-refractivity contribution < 1.29 is 23.8 Å². The van der Waals surface area contributed by atoms with Crippen molar-refractivity contribution in [3.8, 4) is 5.75 Å². The first-order valence-corrected chi connectivity index (χ1v) is 6.16. The molecule has 1 aliphatic rings. The third-order valence-electron chi connectivity index (χ3n) is 3.80. The van der Waals surface area contributed by atoms with Gasteiger partial charge in [0.2, 0.25) is 5.91 Å². The Morgan fingerprint density at radius 1 is 1.35 bits per heavy atom. The van der Waals surface area contributed by atoms with Gasteiger partial charge in [-0.25, -0.2) is 4.39 Å². The lowest BCUT2D eigenvalue weighted by atomic mass is 10.1. The number of carbonyl (C=O) groups excluding carboxylic acids is 1. The van der Waals surface area contributed by atoms with Gasteiger partial charge in [0.05, 0.1) is 18.9 Å². The number of amides is 1. The van der Waals surface area contributed by atoms with Gasteiger partial charge in [0.1, 0.15) is 0 Å². The van der Waals surface area contributed by atoms with Crippen LogP contribution in [-0.2, 0) is 9.59 Å². The summed E-state index contributed by atoms with van der Waals surface area (Å²) in [6.45, 7) is 3.45. The van der Waals surface area contributed by atoms with Crippen LogP contribution >= 0.6 is 0 Å². The minimum Gasteiger partial charge on any atom is -0.494 e. The van der Waals surface area contributed by atoms with E-state index >= 15 is 0 Å². The number of benzene rings is 1. The zero-order valence-electron chi connectivity index (χ0n) is 11.4. The summed E-state index contributed by atoms with van der Waals surface area (Å²) >= 11 is 0. The molecule has 1 saturated carbocycles. The molecule has 108 valence electrons. The van der Waals surface area contributed by atoms with E-state index in [9.17, 15) is 14.0 Å².